The lowest BCUT2D eigenvalue weighted by molar-refractivity contribution is 0.192. The molecule has 6 nitrogen and oxygen atoms in total. The Hall–Kier alpha value is -1.30. The normalized spacial score (nSPS) is 28.8. The Morgan fingerprint density at radius 1 is 1.47 bits per heavy atom. The maximum atomic E-state index is 11.4. The fraction of sp³-hybridized carbons (Fsp3) is 0.818. The number of oxime groups is 1. The molecule has 2 fully saturated rings. The molecule has 0 aromatic carbocycles. The van der Waals surface area contributed by atoms with E-state index in [2.05, 4.69) is 22.3 Å². The van der Waals surface area contributed by atoms with Crippen LogP contribution in [0.2, 0.25) is 0 Å². The Labute approximate surface area is 101 Å². The van der Waals surface area contributed by atoms with Crippen LogP contribution in [0.1, 0.15) is 13.3 Å². The van der Waals surface area contributed by atoms with E-state index in [-0.39, 0.29) is 6.03 Å². The lowest BCUT2D eigenvalue weighted by Gasteiger charge is -2.32. The number of rotatable bonds is 3. The molecule has 96 valence electrons. The molecule has 2 saturated heterocycles. The van der Waals surface area contributed by atoms with Crippen LogP contribution < -0.4 is 5.32 Å². The minimum Gasteiger partial charge on any atom is -0.411 e. The van der Waals surface area contributed by atoms with Crippen molar-refractivity contribution in [1.29, 1.82) is 0 Å². The van der Waals surface area contributed by atoms with E-state index >= 15 is 0 Å². The molecule has 1 atom stereocenters. The van der Waals surface area contributed by atoms with Crippen molar-refractivity contribution in [2.75, 3.05) is 39.3 Å². The first kappa shape index (κ1) is 12.2. The zero-order valence-corrected chi connectivity index (χ0v) is 10.2. The number of hydrogen-bond acceptors (Lipinski definition) is 4. The Morgan fingerprint density at radius 2 is 2.29 bits per heavy atom. The molecule has 0 saturated carbocycles. The smallest absolute Gasteiger partial charge is 0.317 e. The summed E-state index contributed by atoms with van der Waals surface area (Å²) < 4.78 is 0. The first-order valence-corrected chi connectivity index (χ1v) is 6.16. The van der Waals surface area contributed by atoms with Crippen molar-refractivity contribution in [3.63, 3.8) is 0 Å². The molecule has 0 aliphatic carbocycles. The van der Waals surface area contributed by atoms with E-state index < -0.39 is 0 Å². The summed E-state index contributed by atoms with van der Waals surface area (Å²) >= 11 is 0. The van der Waals surface area contributed by atoms with Gasteiger partial charge in [0.15, 0.2) is 0 Å². The van der Waals surface area contributed by atoms with Gasteiger partial charge in [-0.3, -0.25) is 0 Å². The van der Waals surface area contributed by atoms with E-state index in [4.69, 9.17) is 5.21 Å². The van der Waals surface area contributed by atoms with Crippen molar-refractivity contribution in [3.8, 4) is 0 Å². The van der Waals surface area contributed by atoms with Crippen LogP contribution in [0, 0.1) is 5.92 Å². The van der Waals surface area contributed by atoms with Crippen LogP contribution >= 0.6 is 0 Å². The number of carbonyl (C=O) groups is 1. The molecule has 2 amide bonds. The van der Waals surface area contributed by atoms with Crippen molar-refractivity contribution in [2.24, 2.45) is 11.1 Å². The van der Waals surface area contributed by atoms with E-state index in [0.29, 0.717) is 5.92 Å². The average molecular weight is 240 g/mol. The fourth-order valence-electron chi connectivity index (χ4n) is 2.44. The third-order valence-electron chi connectivity index (χ3n) is 3.54. The Balaban J connectivity index is 1.75. The van der Waals surface area contributed by atoms with Crippen molar-refractivity contribution in [1.82, 2.24) is 15.1 Å². The number of piperidine rings is 1. The predicted octanol–water partition coefficient (Wildman–Crippen LogP) is 0.184. The molecule has 0 spiro atoms. The molecule has 0 radical (unpaired) electrons. The minimum atomic E-state index is 0.0488. The highest BCUT2D eigenvalue weighted by Crippen LogP contribution is 2.13. The van der Waals surface area contributed by atoms with Crippen molar-refractivity contribution in [3.05, 3.63) is 0 Å². The average Bonchev–Trinajstić information content (AvgIpc) is 2.72. The monoisotopic (exact) mass is 240 g/mol. The van der Waals surface area contributed by atoms with Gasteiger partial charge >= 0.3 is 6.03 Å². The zero-order chi connectivity index (χ0) is 12.3. The summed E-state index contributed by atoms with van der Waals surface area (Å²) in [6.07, 6.45) is 0.823. The quantitative estimate of drug-likeness (QED) is 0.546. The maximum Gasteiger partial charge on any atom is 0.317 e. The van der Waals surface area contributed by atoms with Gasteiger partial charge in [0.2, 0.25) is 0 Å². The van der Waals surface area contributed by atoms with E-state index in [1.807, 2.05) is 4.90 Å². The van der Waals surface area contributed by atoms with Gasteiger partial charge < -0.3 is 20.3 Å². The molecule has 6 heteroatoms. The SMILES string of the molecule is CC1CN(CCN2CCNC2=O)CCC1=NO. The molecule has 2 rings (SSSR count). The molecule has 2 aliphatic heterocycles. The summed E-state index contributed by atoms with van der Waals surface area (Å²) in [6, 6.07) is 0.0488. The number of nitrogens with one attached hydrogen (secondary N) is 1. The van der Waals surface area contributed by atoms with Gasteiger partial charge in [-0.25, -0.2) is 4.79 Å². The van der Waals surface area contributed by atoms with Gasteiger partial charge in [0.1, 0.15) is 0 Å². The fourth-order valence-corrected chi connectivity index (χ4v) is 2.44. The molecular weight excluding hydrogens is 220 g/mol. The molecule has 0 aromatic heterocycles. The number of nitrogens with zero attached hydrogens (tertiary/aromatic N) is 3. The topological polar surface area (TPSA) is 68.2 Å². The van der Waals surface area contributed by atoms with E-state index in [1.165, 1.54) is 0 Å². The van der Waals surface area contributed by atoms with Crippen molar-refractivity contribution < 1.29 is 10.0 Å². The zero-order valence-electron chi connectivity index (χ0n) is 10.2. The summed E-state index contributed by atoms with van der Waals surface area (Å²) in [7, 11) is 0. The van der Waals surface area contributed by atoms with Crippen LogP contribution in [-0.2, 0) is 0 Å². The highest BCUT2D eigenvalue weighted by Gasteiger charge is 2.24. The van der Waals surface area contributed by atoms with Crippen LogP contribution in [0.5, 0.6) is 0 Å². The molecule has 2 N–H and O–H groups in total. The highest BCUT2D eigenvalue weighted by atomic mass is 16.4. The number of amides is 2. The summed E-state index contributed by atoms with van der Waals surface area (Å²) in [6.45, 7) is 7.15. The standard InChI is InChI=1S/C11H20N4O2/c1-9-8-14(4-2-10(9)13-17)6-7-15-5-3-12-11(15)16/h9,17H,2-8H2,1H3,(H,12,16). The van der Waals surface area contributed by atoms with E-state index in [9.17, 15) is 4.79 Å². The van der Waals surface area contributed by atoms with Gasteiger partial charge in [-0.1, -0.05) is 12.1 Å². The number of carbonyl (C=O) groups excluding carboxylic acids is 1. The van der Waals surface area contributed by atoms with Gasteiger partial charge in [0, 0.05) is 51.6 Å². The molecule has 2 aliphatic rings. The molecule has 1 unspecified atom stereocenters. The van der Waals surface area contributed by atoms with E-state index in [1.54, 1.807) is 0 Å². The van der Waals surface area contributed by atoms with Crippen LogP contribution in [0.4, 0.5) is 4.79 Å². The largest absolute Gasteiger partial charge is 0.411 e. The summed E-state index contributed by atoms with van der Waals surface area (Å²) in [5, 5.41) is 14.9. The van der Waals surface area contributed by atoms with Crippen molar-refractivity contribution in [2.45, 2.75) is 13.3 Å². The summed E-state index contributed by atoms with van der Waals surface area (Å²) in [5.41, 5.74) is 0.889. The van der Waals surface area contributed by atoms with E-state index in [0.717, 1.165) is 51.4 Å². The first-order chi connectivity index (χ1) is 8.20. The number of likely N-dealkylation sites (tertiary alicyclic amines) is 1. The number of urea groups is 1. The van der Waals surface area contributed by atoms with Gasteiger partial charge in [0.05, 0.1) is 5.71 Å². The molecule has 2 heterocycles. The second-order valence-electron chi connectivity index (χ2n) is 4.76. The number of hydrogen-bond donors (Lipinski definition) is 2. The summed E-state index contributed by atoms with van der Waals surface area (Å²) in [4.78, 5) is 15.5. The minimum absolute atomic E-state index is 0.0488. The summed E-state index contributed by atoms with van der Waals surface area (Å²) in [5.74, 6) is 0.307. The lowest BCUT2D eigenvalue weighted by atomic mass is 9.98. The predicted molar refractivity (Wildman–Crippen MR) is 64.4 cm³/mol. The Bertz CT molecular complexity index is 319. The van der Waals surface area contributed by atoms with Gasteiger partial charge in [-0.05, 0) is 0 Å². The molecule has 0 bridgehead atoms. The van der Waals surface area contributed by atoms with Gasteiger partial charge in [-0.15, -0.1) is 0 Å². The third-order valence-corrected chi connectivity index (χ3v) is 3.54. The van der Waals surface area contributed by atoms with Gasteiger partial charge in [-0.2, -0.15) is 0 Å². The van der Waals surface area contributed by atoms with Crippen LogP contribution in [0.15, 0.2) is 5.16 Å². The van der Waals surface area contributed by atoms with Crippen molar-refractivity contribution >= 4 is 11.7 Å². The Kier molecular flexibility index (Phi) is 3.83. The van der Waals surface area contributed by atoms with Crippen LogP contribution in [0.3, 0.4) is 0 Å². The molecule has 0 aromatic rings. The molecular formula is C11H20N4O2. The van der Waals surface area contributed by atoms with Crippen LogP contribution in [-0.4, -0.2) is 66.0 Å². The maximum absolute atomic E-state index is 11.4. The lowest BCUT2D eigenvalue weighted by Crippen LogP contribution is -2.44. The first-order valence-electron chi connectivity index (χ1n) is 6.16. The Morgan fingerprint density at radius 3 is 2.88 bits per heavy atom. The van der Waals surface area contributed by atoms with Gasteiger partial charge in [0.25, 0.3) is 0 Å². The third kappa shape index (κ3) is 2.88. The second kappa shape index (κ2) is 5.35. The van der Waals surface area contributed by atoms with Crippen LogP contribution in [0.25, 0.3) is 0 Å². The molecule has 17 heavy (non-hydrogen) atoms. The second-order valence-corrected chi connectivity index (χ2v) is 4.76. The highest BCUT2D eigenvalue weighted by molar-refractivity contribution is 5.87.